The average Bonchev–Trinajstić information content (AvgIpc) is 3.08. The summed E-state index contributed by atoms with van der Waals surface area (Å²) in [7, 11) is -2.82. The van der Waals surface area contributed by atoms with Gasteiger partial charge in [0.1, 0.15) is 9.84 Å². The van der Waals surface area contributed by atoms with Gasteiger partial charge >= 0.3 is 0 Å². The summed E-state index contributed by atoms with van der Waals surface area (Å²) in [6.45, 7) is 4.04. The molecule has 2 rings (SSSR count). The summed E-state index contributed by atoms with van der Waals surface area (Å²) < 4.78 is 22.5. The van der Waals surface area contributed by atoms with E-state index in [-0.39, 0.29) is 0 Å². The molecule has 0 aromatic heterocycles. The Bertz CT molecular complexity index is 332. The fraction of sp³-hybridized carbons (Fsp3) is 1.00. The molecule has 2 fully saturated rings. The minimum Gasteiger partial charge on any atom is -0.316 e. The van der Waals surface area contributed by atoms with Crippen molar-refractivity contribution in [1.29, 1.82) is 0 Å². The third-order valence-electron chi connectivity index (χ3n) is 3.70. The van der Waals surface area contributed by atoms with E-state index in [4.69, 9.17) is 0 Å². The van der Waals surface area contributed by atoms with E-state index >= 15 is 0 Å². The third-order valence-corrected chi connectivity index (χ3v) is 4.63. The molecule has 0 radical (unpaired) electrons. The van der Waals surface area contributed by atoms with Crippen LogP contribution in [0, 0.1) is 5.92 Å². The molecule has 0 bridgehead atoms. The number of rotatable bonds is 6. The van der Waals surface area contributed by atoms with Crippen LogP contribution < -0.4 is 5.32 Å². The SMILES string of the molecule is CS(=O)(=O)CCN(CC1CCCNC1)C1CC1. The van der Waals surface area contributed by atoms with Crippen molar-refractivity contribution < 1.29 is 8.42 Å². The highest BCUT2D eigenvalue weighted by atomic mass is 32.2. The van der Waals surface area contributed by atoms with Crippen molar-refractivity contribution in [2.45, 2.75) is 31.7 Å². The first kappa shape index (κ1) is 13.3. The maximum Gasteiger partial charge on any atom is 0.148 e. The number of nitrogens with zero attached hydrogens (tertiary/aromatic N) is 1. The van der Waals surface area contributed by atoms with Gasteiger partial charge in [-0.05, 0) is 44.7 Å². The molecule has 17 heavy (non-hydrogen) atoms. The molecule has 5 heteroatoms. The molecule has 100 valence electrons. The lowest BCUT2D eigenvalue weighted by Gasteiger charge is -2.30. The van der Waals surface area contributed by atoms with Crippen LogP contribution in [0.2, 0.25) is 0 Å². The predicted octanol–water partition coefficient (Wildman–Crippen LogP) is 0.495. The molecule has 1 aliphatic heterocycles. The average molecular weight is 260 g/mol. The molecule has 1 saturated heterocycles. The first-order valence-corrected chi connectivity index (χ1v) is 8.73. The molecule has 0 aromatic rings. The monoisotopic (exact) mass is 260 g/mol. The van der Waals surface area contributed by atoms with Gasteiger partial charge in [-0.15, -0.1) is 0 Å². The Morgan fingerprint density at radius 3 is 2.59 bits per heavy atom. The molecule has 1 saturated carbocycles. The molecule has 0 aromatic carbocycles. The van der Waals surface area contributed by atoms with Crippen molar-refractivity contribution >= 4 is 9.84 Å². The summed E-state index contributed by atoms with van der Waals surface area (Å²) >= 11 is 0. The molecule has 2 aliphatic rings. The van der Waals surface area contributed by atoms with Crippen LogP contribution in [0.25, 0.3) is 0 Å². The van der Waals surface area contributed by atoms with E-state index < -0.39 is 9.84 Å². The summed E-state index contributed by atoms with van der Waals surface area (Å²) in [4.78, 5) is 2.40. The molecular weight excluding hydrogens is 236 g/mol. The quantitative estimate of drug-likeness (QED) is 0.755. The number of sulfone groups is 1. The second kappa shape index (κ2) is 5.67. The highest BCUT2D eigenvalue weighted by molar-refractivity contribution is 7.90. The van der Waals surface area contributed by atoms with Crippen LogP contribution in [-0.2, 0) is 9.84 Å². The van der Waals surface area contributed by atoms with Crippen molar-refractivity contribution in [2.24, 2.45) is 5.92 Å². The minimum atomic E-state index is -2.82. The van der Waals surface area contributed by atoms with Gasteiger partial charge < -0.3 is 5.32 Å². The van der Waals surface area contributed by atoms with E-state index in [1.54, 1.807) is 0 Å². The van der Waals surface area contributed by atoms with Crippen LogP contribution in [0.3, 0.4) is 0 Å². The summed E-state index contributed by atoms with van der Waals surface area (Å²) in [5.41, 5.74) is 0. The number of hydrogen-bond donors (Lipinski definition) is 1. The minimum absolute atomic E-state index is 0.309. The Morgan fingerprint density at radius 1 is 1.29 bits per heavy atom. The Balaban J connectivity index is 1.79. The van der Waals surface area contributed by atoms with E-state index in [1.165, 1.54) is 31.9 Å². The molecular formula is C12H24N2O2S. The van der Waals surface area contributed by atoms with Crippen molar-refractivity contribution in [3.8, 4) is 0 Å². The number of hydrogen-bond acceptors (Lipinski definition) is 4. The largest absolute Gasteiger partial charge is 0.316 e. The maximum absolute atomic E-state index is 11.2. The fourth-order valence-corrected chi connectivity index (χ4v) is 3.12. The predicted molar refractivity (Wildman–Crippen MR) is 69.9 cm³/mol. The van der Waals surface area contributed by atoms with Gasteiger partial charge in [-0.3, -0.25) is 4.90 Å². The second-order valence-corrected chi connectivity index (χ2v) is 7.83. The van der Waals surface area contributed by atoms with Gasteiger partial charge in [0.05, 0.1) is 5.75 Å². The molecule has 0 spiro atoms. The van der Waals surface area contributed by atoms with E-state index in [1.807, 2.05) is 0 Å². The Labute approximate surface area is 105 Å². The van der Waals surface area contributed by atoms with Gasteiger partial charge in [0.15, 0.2) is 0 Å². The van der Waals surface area contributed by atoms with Crippen LogP contribution in [0.1, 0.15) is 25.7 Å². The first-order valence-electron chi connectivity index (χ1n) is 6.67. The van der Waals surface area contributed by atoms with E-state index in [9.17, 15) is 8.42 Å². The van der Waals surface area contributed by atoms with Crippen molar-refractivity contribution in [2.75, 3.05) is 38.2 Å². The summed E-state index contributed by atoms with van der Waals surface area (Å²) in [5, 5.41) is 3.43. The van der Waals surface area contributed by atoms with Gasteiger partial charge in [-0.1, -0.05) is 0 Å². The topological polar surface area (TPSA) is 49.4 Å². The van der Waals surface area contributed by atoms with E-state index in [2.05, 4.69) is 10.2 Å². The van der Waals surface area contributed by atoms with Crippen molar-refractivity contribution in [3.05, 3.63) is 0 Å². The Hall–Kier alpha value is -0.130. The van der Waals surface area contributed by atoms with Gasteiger partial charge in [0, 0.05) is 25.4 Å². The molecule has 4 nitrogen and oxygen atoms in total. The van der Waals surface area contributed by atoms with Crippen molar-refractivity contribution in [3.63, 3.8) is 0 Å². The Kier molecular flexibility index (Phi) is 4.44. The fourth-order valence-electron chi connectivity index (χ4n) is 2.56. The van der Waals surface area contributed by atoms with Crippen LogP contribution in [0.15, 0.2) is 0 Å². The Morgan fingerprint density at radius 2 is 2.06 bits per heavy atom. The van der Waals surface area contributed by atoms with Crippen LogP contribution >= 0.6 is 0 Å². The van der Waals surface area contributed by atoms with Gasteiger partial charge in [0.2, 0.25) is 0 Å². The van der Waals surface area contributed by atoms with Gasteiger partial charge in [0.25, 0.3) is 0 Å². The summed E-state index contributed by atoms with van der Waals surface area (Å²) in [5.74, 6) is 1.02. The lowest BCUT2D eigenvalue weighted by molar-refractivity contribution is 0.209. The smallest absolute Gasteiger partial charge is 0.148 e. The maximum atomic E-state index is 11.2. The number of nitrogens with one attached hydrogen (secondary N) is 1. The second-order valence-electron chi connectivity index (χ2n) is 5.57. The highest BCUT2D eigenvalue weighted by Crippen LogP contribution is 2.28. The van der Waals surface area contributed by atoms with Crippen molar-refractivity contribution in [1.82, 2.24) is 10.2 Å². The third kappa shape index (κ3) is 4.94. The molecule has 1 unspecified atom stereocenters. The van der Waals surface area contributed by atoms with Crippen LogP contribution in [0.4, 0.5) is 0 Å². The van der Waals surface area contributed by atoms with E-state index in [0.29, 0.717) is 17.7 Å². The lowest BCUT2D eigenvalue weighted by atomic mass is 9.99. The van der Waals surface area contributed by atoms with Crippen LogP contribution in [0.5, 0.6) is 0 Å². The molecule has 1 N–H and O–H groups in total. The summed E-state index contributed by atoms with van der Waals surface area (Å²) in [6.07, 6.45) is 6.39. The molecule has 0 amide bonds. The molecule has 1 heterocycles. The molecule has 1 atom stereocenters. The first-order chi connectivity index (χ1) is 8.04. The normalized spacial score (nSPS) is 26.4. The lowest BCUT2D eigenvalue weighted by Crippen LogP contribution is -2.40. The zero-order valence-corrected chi connectivity index (χ0v) is 11.5. The van der Waals surface area contributed by atoms with Crippen LogP contribution in [-0.4, -0.2) is 57.5 Å². The standard InChI is InChI=1S/C12H24N2O2S/c1-17(15,16)8-7-14(12-4-5-12)10-11-3-2-6-13-9-11/h11-13H,2-10H2,1H3. The number of piperidine rings is 1. The summed E-state index contributed by atoms with van der Waals surface area (Å²) in [6, 6.07) is 0.665. The zero-order valence-electron chi connectivity index (χ0n) is 10.7. The van der Waals surface area contributed by atoms with Gasteiger partial charge in [-0.2, -0.15) is 0 Å². The van der Waals surface area contributed by atoms with Gasteiger partial charge in [-0.25, -0.2) is 8.42 Å². The highest BCUT2D eigenvalue weighted by Gasteiger charge is 2.31. The zero-order chi connectivity index (χ0) is 12.3. The molecule has 1 aliphatic carbocycles. The van der Waals surface area contributed by atoms with E-state index in [0.717, 1.165) is 26.2 Å².